The number of aromatic carboxylic acids is 1. The standard InChI is InChI=1S/C12H11NO5S2/c1-7-6-8(2-3-9(7)14)13-20(17,18)11-5-4-10(19-11)12(15)16/h2-6,13-14H,1H3,(H,15,16). The van der Waals surface area contributed by atoms with Gasteiger partial charge in [0.1, 0.15) is 14.8 Å². The highest BCUT2D eigenvalue weighted by Gasteiger charge is 2.19. The van der Waals surface area contributed by atoms with E-state index in [1.54, 1.807) is 6.92 Å². The van der Waals surface area contributed by atoms with Crippen LogP contribution in [0.15, 0.2) is 34.5 Å². The van der Waals surface area contributed by atoms with E-state index in [0.29, 0.717) is 22.6 Å². The lowest BCUT2D eigenvalue weighted by Gasteiger charge is -2.07. The van der Waals surface area contributed by atoms with Gasteiger partial charge in [0, 0.05) is 5.69 Å². The molecule has 20 heavy (non-hydrogen) atoms. The van der Waals surface area contributed by atoms with Gasteiger partial charge in [-0.1, -0.05) is 0 Å². The topological polar surface area (TPSA) is 104 Å². The lowest BCUT2D eigenvalue weighted by Crippen LogP contribution is -2.11. The van der Waals surface area contributed by atoms with Crippen LogP contribution in [0.2, 0.25) is 0 Å². The summed E-state index contributed by atoms with van der Waals surface area (Å²) >= 11 is 0.675. The molecule has 8 heteroatoms. The van der Waals surface area contributed by atoms with Crippen LogP contribution in [0, 0.1) is 6.92 Å². The van der Waals surface area contributed by atoms with Crippen LogP contribution in [0.3, 0.4) is 0 Å². The van der Waals surface area contributed by atoms with Gasteiger partial charge in [-0.15, -0.1) is 11.3 Å². The Kier molecular flexibility index (Phi) is 3.69. The molecule has 0 atom stereocenters. The minimum atomic E-state index is -3.83. The number of phenolic OH excluding ortho intramolecular Hbond substituents is 1. The monoisotopic (exact) mass is 313 g/mol. The van der Waals surface area contributed by atoms with Crippen LogP contribution >= 0.6 is 11.3 Å². The van der Waals surface area contributed by atoms with E-state index < -0.39 is 16.0 Å². The van der Waals surface area contributed by atoms with Gasteiger partial charge in [0.2, 0.25) is 0 Å². The Bertz CT molecular complexity index is 764. The van der Waals surface area contributed by atoms with Crippen molar-refractivity contribution in [1.29, 1.82) is 0 Å². The van der Waals surface area contributed by atoms with E-state index in [4.69, 9.17) is 5.11 Å². The summed E-state index contributed by atoms with van der Waals surface area (Å²) in [4.78, 5) is 10.7. The van der Waals surface area contributed by atoms with Crippen LogP contribution in [-0.2, 0) is 10.0 Å². The number of anilines is 1. The average molecular weight is 313 g/mol. The normalized spacial score (nSPS) is 11.2. The minimum absolute atomic E-state index is 0.0488. The smallest absolute Gasteiger partial charge is 0.345 e. The molecule has 106 valence electrons. The maximum absolute atomic E-state index is 12.1. The quantitative estimate of drug-likeness (QED) is 0.751. The highest BCUT2D eigenvalue weighted by Crippen LogP contribution is 2.26. The van der Waals surface area contributed by atoms with Gasteiger partial charge < -0.3 is 10.2 Å². The number of carboxylic acid groups (broad SMARTS) is 1. The molecule has 1 aromatic heterocycles. The number of carboxylic acids is 1. The van der Waals surface area contributed by atoms with Crippen LogP contribution in [-0.4, -0.2) is 24.6 Å². The van der Waals surface area contributed by atoms with Gasteiger partial charge in [0.05, 0.1) is 0 Å². The molecule has 0 aliphatic rings. The molecular formula is C12H11NO5S2. The first-order valence-electron chi connectivity index (χ1n) is 5.45. The van der Waals surface area contributed by atoms with Crippen molar-refractivity contribution in [2.24, 2.45) is 0 Å². The summed E-state index contributed by atoms with van der Waals surface area (Å²) in [6, 6.07) is 6.77. The van der Waals surface area contributed by atoms with Crippen LogP contribution in [0.1, 0.15) is 15.2 Å². The lowest BCUT2D eigenvalue weighted by molar-refractivity contribution is 0.0702. The number of hydrogen-bond donors (Lipinski definition) is 3. The second-order valence-corrected chi connectivity index (χ2v) is 7.02. The molecule has 6 nitrogen and oxygen atoms in total. The molecule has 2 aromatic rings. The van der Waals surface area contributed by atoms with Crippen molar-refractivity contribution >= 4 is 33.0 Å². The number of nitrogens with one attached hydrogen (secondary N) is 1. The van der Waals surface area contributed by atoms with Gasteiger partial charge in [-0.05, 0) is 42.8 Å². The number of phenols is 1. The van der Waals surface area contributed by atoms with E-state index >= 15 is 0 Å². The van der Waals surface area contributed by atoms with E-state index in [2.05, 4.69) is 4.72 Å². The number of benzene rings is 1. The van der Waals surface area contributed by atoms with Gasteiger partial charge in [-0.25, -0.2) is 13.2 Å². The molecule has 0 radical (unpaired) electrons. The third-order valence-electron chi connectivity index (χ3n) is 2.51. The molecule has 1 aromatic carbocycles. The number of aryl methyl sites for hydroxylation is 1. The first-order chi connectivity index (χ1) is 9.29. The Balaban J connectivity index is 2.30. The summed E-state index contributed by atoms with van der Waals surface area (Å²) in [6.45, 7) is 1.64. The molecule has 0 unspecified atom stereocenters. The van der Waals surface area contributed by atoms with Crippen molar-refractivity contribution in [3.05, 3.63) is 40.8 Å². The number of hydrogen-bond acceptors (Lipinski definition) is 5. The van der Waals surface area contributed by atoms with Crippen LogP contribution in [0.25, 0.3) is 0 Å². The molecular weight excluding hydrogens is 302 g/mol. The third-order valence-corrected chi connectivity index (χ3v) is 5.45. The number of rotatable bonds is 4. The van der Waals surface area contributed by atoms with E-state index in [-0.39, 0.29) is 14.8 Å². The van der Waals surface area contributed by atoms with Crippen LogP contribution in [0.5, 0.6) is 5.75 Å². The number of thiophene rings is 1. The maximum Gasteiger partial charge on any atom is 0.345 e. The van der Waals surface area contributed by atoms with Gasteiger partial charge in [0.25, 0.3) is 10.0 Å². The molecule has 0 saturated carbocycles. The van der Waals surface area contributed by atoms with Gasteiger partial charge in [0.15, 0.2) is 0 Å². The summed E-state index contributed by atoms with van der Waals surface area (Å²) in [5.74, 6) is -1.10. The fourth-order valence-corrected chi connectivity index (χ4v) is 3.70. The summed E-state index contributed by atoms with van der Waals surface area (Å²) in [6.07, 6.45) is 0. The van der Waals surface area contributed by atoms with Gasteiger partial charge >= 0.3 is 5.97 Å². The van der Waals surface area contributed by atoms with E-state index in [9.17, 15) is 18.3 Å². The van der Waals surface area contributed by atoms with Gasteiger partial charge in [-0.3, -0.25) is 4.72 Å². The molecule has 0 aliphatic carbocycles. The average Bonchev–Trinajstić information content (AvgIpc) is 2.84. The molecule has 0 aliphatic heterocycles. The van der Waals surface area contributed by atoms with Crippen LogP contribution < -0.4 is 4.72 Å². The molecule has 0 fully saturated rings. The van der Waals surface area contributed by atoms with Crippen molar-refractivity contribution in [2.45, 2.75) is 11.1 Å². The molecule has 1 heterocycles. The highest BCUT2D eigenvalue weighted by atomic mass is 32.2. The molecule has 2 rings (SSSR count). The fraction of sp³-hybridized carbons (Fsp3) is 0.0833. The number of sulfonamides is 1. The molecule has 0 bridgehead atoms. The van der Waals surface area contributed by atoms with Crippen molar-refractivity contribution in [3.8, 4) is 5.75 Å². The fourth-order valence-electron chi connectivity index (χ4n) is 1.50. The summed E-state index contributed by atoms with van der Waals surface area (Å²) in [7, 11) is -3.83. The van der Waals surface area contributed by atoms with E-state index in [1.807, 2.05) is 0 Å². The number of carbonyl (C=O) groups is 1. The van der Waals surface area contributed by atoms with Crippen molar-refractivity contribution in [2.75, 3.05) is 4.72 Å². The highest BCUT2D eigenvalue weighted by molar-refractivity contribution is 7.94. The van der Waals surface area contributed by atoms with E-state index in [0.717, 1.165) is 0 Å². The van der Waals surface area contributed by atoms with E-state index in [1.165, 1.54) is 30.3 Å². The molecule has 0 amide bonds. The summed E-state index contributed by atoms with van der Waals surface area (Å²) < 4.78 is 26.4. The zero-order valence-corrected chi connectivity index (χ0v) is 12.0. The Morgan fingerprint density at radius 2 is 1.95 bits per heavy atom. The van der Waals surface area contributed by atoms with Crippen molar-refractivity contribution in [3.63, 3.8) is 0 Å². The van der Waals surface area contributed by atoms with Crippen LogP contribution in [0.4, 0.5) is 5.69 Å². The summed E-state index contributed by atoms with van der Waals surface area (Å²) in [5, 5.41) is 18.2. The van der Waals surface area contributed by atoms with Crippen molar-refractivity contribution in [1.82, 2.24) is 0 Å². The SMILES string of the molecule is Cc1cc(NS(=O)(=O)c2ccc(C(=O)O)s2)ccc1O. The minimum Gasteiger partial charge on any atom is -0.508 e. The zero-order valence-electron chi connectivity index (χ0n) is 10.3. The predicted molar refractivity (Wildman–Crippen MR) is 74.9 cm³/mol. The lowest BCUT2D eigenvalue weighted by atomic mass is 10.2. The Morgan fingerprint density at radius 1 is 1.25 bits per heavy atom. The zero-order chi connectivity index (χ0) is 14.9. The first kappa shape index (κ1) is 14.4. The largest absolute Gasteiger partial charge is 0.508 e. The maximum atomic E-state index is 12.1. The van der Waals surface area contributed by atoms with Gasteiger partial charge in [-0.2, -0.15) is 0 Å². The molecule has 0 spiro atoms. The predicted octanol–water partition coefficient (Wildman–Crippen LogP) is 2.26. The Labute approximate surface area is 119 Å². The Hall–Kier alpha value is -2.06. The summed E-state index contributed by atoms with van der Waals surface area (Å²) in [5.41, 5.74) is 0.827. The number of aromatic hydroxyl groups is 1. The van der Waals surface area contributed by atoms with Crippen molar-refractivity contribution < 1.29 is 23.4 Å². The Morgan fingerprint density at radius 3 is 2.50 bits per heavy atom. The third kappa shape index (κ3) is 2.91. The second-order valence-electron chi connectivity index (χ2n) is 4.03. The molecule has 0 saturated heterocycles. The first-order valence-corrected chi connectivity index (χ1v) is 7.75. The second kappa shape index (κ2) is 5.14. The molecule has 3 N–H and O–H groups in total.